The van der Waals surface area contributed by atoms with Crippen LogP contribution in [0.3, 0.4) is 0 Å². The number of pyridine rings is 1. The van der Waals surface area contributed by atoms with Crippen LogP contribution in [0.25, 0.3) is 0 Å². The van der Waals surface area contributed by atoms with Crippen molar-refractivity contribution in [2.45, 2.75) is 38.2 Å². The Morgan fingerprint density at radius 3 is 2.56 bits per heavy atom. The zero-order valence-corrected chi connectivity index (χ0v) is 14.1. The van der Waals surface area contributed by atoms with E-state index in [0.717, 1.165) is 30.4 Å². The summed E-state index contributed by atoms with van der Waals surface area (Å²) >= 11 is 0. The first-order valence-electron chi connectivity index (χ1n) is 8.65. The van der Waals surface area contributed by atoms with Gasteiger partial charge in [-0.25, -0.2) is 4.39 Å². The lowest BCUT2D eigenvalue weighted by molar-refractivity contribution is -0.121. The number of amides is 1. The number of hydrogen-bond donors (Lipinski definition) is 2. The van der Waals surface area contributed by atoms with Crippen LogP contribution >= 0.6 is 0 Å². The fraction of sp³-hybridized carbons (Fsp3) is 0.400. The predicted octanol–water partition coefficient (Wildman–Crippen LogP) is 2.65. The molecule has 0 radical (unpaired) electrons. The van der Waals surface area contributed by atoms with Gasteiger partial charge in [-0.3, -0.25) is 9.78 Å². The van der Waals surface area contributed by atoms with E-state index < -0.39 is 6.10 Å². The Morgan fingerprint density at radius 1 is 1.20 bits per heavy atom. The van der Waals surface area contributed by atoms with E-state index in [2.05, 4.69) is 10.3 Å². The third kappa shape index (κ3) is 4.42. The van der Waals surface area contributed by atoms with Crippen LogP contribution in [0, 0.1) is 11.2 Å². The zero-order chi connectivity index (χ0) is 17.7. The maximum Gasteiger partial charge on any atom is 0.224 e. The Hall–Kier alpha value is -2.27. The van der Waals surface area contributed by atoms with Gasteiger partial charge < -0.3 is 10.4 Å². The Labute approximate surface area is 147 Å². The summed E-state index contributed by atoms with van der Waals surface area (Å²) < 4.78 is 13.1. The molecular weight excluding hydrogens is 319 g/mol. The van der Waals surface area contributed by atoms with Gasteiger partial charge in [0.25, 0.3) is 0 Å². The number of rotatable bonds is 6. The van der Waals surface area contributed by atoms with Crippen LogP contribution in [0.5, 0.6) is 0 Å². The molecule has 2 atom stereocenters. The SMILES string of the molecule is O=C(Cc1ccncc1)NC[C@@]1(Cc2ccc(F)cc2)CCC[C@@H]1O. The van der Waals surface area contributed by atoms with Gasteiger partial charge in [0.2, 0.25) is 5.91 Å². The second kappa shape index (κ2) is 7.74. The molecule has 0 spiro atoms. The van der Waals surface area contributed by atoms with Gasteiger partial charge in [-0.1, -0.05) is 18.6 Å². The van der Waals surface area contributed by atoms with Crippen LogP contribution in [0.2, 0.25) is 0 Å². The molecular formula is C20H23FN2O2. The summed E-state index contributed by atoms with van der Waals surface area (Å²) in [5, 5.41) is 13.5. The van der Waals surface area contributed by atoms with Crippen LogP contribution in [0.1, 0.15) is 30.4 Å². The van der Waals surface area contributed by atoms with Crippen molar-refractivity contribution in [2.75, 3.05) is 6.54 Å². The molecule has 2 N–H and O–H groups in total. The number of halogens is 1. The first-order valence-corrected chi connectivity index (χ1v) is 8.65. The van der Waals surface area contributed by atoms with E-state index in [9.17, 15) is 14.3 Å². The van der Waals surface area contributed by atoms with Crippen molar-refractivity contribution in [1.29, 1.82) is 0 Å². The van der Waals surface area contributed by atoms with Crippen LogP contribution in [-0.4, -0.2) is 28.6 Å². The van der Waals surface area contributed by atoms with Crippen LogP contribution in [-0.2, 0) is 17.6 Å². The molecule has 1 aromatic heterocycles. The summed E-state index contributed by atoms with van der Waals surface area (Å²) in [6, 6.07) is 10.0. The molecule has 1 amide bonds. The van der Waals surface area contributed by atoms with Gasteiger partial charge in [-0.05, 0) is 54.7 Å². The molecule has 0 unspecified atom stereocenters. The zero-order valence-electron chi connectivity index (χ0n) is 14.1. The van der Waals surface area contributed by atoms with Crippen molar-refractivity contribution < 1.29 is 14.3 Å². The van der Waals surface area contributed by atoms with E-state index in [4.69, 9.17) is 0 Å². The molecule has 0 aliphatic heterocycles. The fourth-order valence-corrected chi connectivity index (χ4v) is 3.63. The van der Waals surface area contributed by atoms with E-state index in [0.29, 0.717) is 19.4 Å². The van der Waals surface area contributed by atoms with Gasteiger partial charge in [0, 0.05) is 24.4 Å². The average Bonchev–Trinajstić information content (AvgIpc) is 2.97. The second-order valence-electron chi connectivity index (χ2n) is 6.88. The third-order valence-electron chi connectivity index (χ3n) is 5.08. The van der Waals surface area contributed by atoms with Gasteiger partial charge in [0.1, 0.15) is 5.82 Å². The van der Waals surface area contributed by atoms with Gasteiger partial charge in [0.15, 0.2) is 0 Å². The fourth-order valence-electron chi connectivity index (χ4n) is 3.63. The lowest BCUT2D eigenvalue weighted by Gasteiger charge is -2.33. The van der Waals surface area contributed by atoms with Crippen LogP contribution in [0.4, 0.5) is 4.39 Å². The molecule has 0 saturated heterocycles. The largest absolute Gasteiger partial charge is 0.392 e. The standard InChI is InChI=1S/C20H23FN2O2/c21-17-5-3-16(4-6-17)13-20(9-1-2-18(20)24)14-23-19(25)12-15-7-10-22-11-8-15/h3-8,10-11,18,24H,1-2,9,12-14H2,(H,23,25)/t18-,20-/m0/s1. The number of hydrogen-bond acceptors (Lipinski definition) is 3. The highest BCUT2D eigenvalue weighted by atomic mass is 19.1. The average molecular weight is 342 g/mol. The summed E-state index contributed by atoms with van der Waals surface area (Å²) in [5.41, 5.74) is 1.50. The molecule has 4 nitrogen and oxygen atoms in total. The first kappa shape index (κ1) is 17.5. The highest BCUT2D eigenvalue weighted by Gasteiger charge is 2.42. The van der Waals surface area contributed by atoms with E-state index in [1.54, 1.807) is 24.5 Å². The minimum absolute atomic E-state index is 0.0659. The molecule has 1 fully saturated rings. The molecule has 2 aromatic rings. The molecule has 1 aliphatic carbocycles. The predicted molar refractivity (Wildman–Crippen MR) is 93.3 cm³/mol. The first-order chi connectivity index (χ1) is 12.1. The number of aliphatic hydroxyl groups is 1. The number of nitrogens with zero attached hydrogens (tertiary/aromatic N) is 1. The van der Waals surface area contributed by atoms with Crippen molar-refractivity contribution in [3.05, 3.63) is 65.7 Å². The molecule has 5 heteroatoms. The van der Waals surface area contributed by atoms with Crippen molar-refractivity contribution in [2.24, 2.45) is 5.41 Å². The number of nitrogens with one attached hydrogen (secondary N) is 1. The maximum absolute atomic E-state index is 13.1. The summed E-state index contributed by atoms with van der Waals surface area (Å²) in [5.74, 6) is -0.334. The molecule has 3 rings (SSSR count). The molecule has 1 saturated carbocycles. The highest BCUT2D eigenvalue weighted by molar-refractivity contribution is 5.78. The van der Waals surface area contributed by atoms with Crippen molar-refractivity contribution in [3.8, 4) is 0 Å². The van der Waals surface area contributed by atoms with Crippen LogP contribution in [0.15, 0.2) is 48.8 Å². The topological polar surface area (TPSA) is 62.2 Å². The number of aromatic nitrogens is 1. The number of carbonyl (C=O) groups excluding carboxylic acids is 1. The lowest BCUT2D eigenvalue weighted by atomic mass is 9.78. The number of carbonyl (C=O) groups is 1. The molecule has 1 heterocycles. The van der Waals surface area contributed by atoms with E-state index in [1.807, 2.05) is 12.1 Å². The second-order valence-corrected chi connectivity index (χ2v) is 6.88. The monoisotopic (exact) mass is 342 g/mol. The maximum atomic E-state index is 13.1. The molecule has 0 bridgehead atoms. The molecule has 1 aliphatic rings. The molecule has 1 aromatic carbocycles. The van der Waals surface area contributed by atoms with Crippen LogP contribution < -0.4 is 5.32 Å². The van der Waals surface area contributed by atoms with Gasteiger partial charge >= 0.3 is 0 Å². The normalized spacial score (nSPS) is 22.7. The molecule has 132 valence electrons. The van der Waals surface area contributed by atoms with E-state index in [1.165, 1.54) is 12.1 Å². The van der Waals surface area contributed by atoms with Crippen molar-refractivity contribution >= 4 is 5.91 Å². The van der Waals surface area contributed by atoms with Crippen molar-refractivity contribution in [1.82, 2.24) is 10.3 Å². The molecule has 25 heavy (non-hydrogen) atoms. The Bertz CT molecular complexity index is 705. The minimum Gasteiger partial charge on any atom is -0.392 e. The van der Waals surface area contributed by atoms with Gasteiger partial charge in [-0.15, -0.1) is 0 Å². The van der Waals surface area contributed by atoms with Gasteiger partial charge in [-0.2, -0.15) is 0 Å². The quantitative estimate of drug-likeness (QED) is 0.848. The number of benzene rings is 1. The summed E-state index contributed by atoms with van der Waals surface area (Å²) in [4.78, 5) is 16.2. The Morgan fingerprint density at radius 2 is 1.92 bits per heavy atom. The summed E-state index contributed by atoms with van der Waals surface area (Å²) in [6.07, 6.45) is 6.32. The Kier molecular flexibility index (Phi) is 5.43. The van der Waals surface area contributed by atoms with E-state index >= 15 is 0 Å². The third-order valence-corrected chi connectivity index (χ3v) is 5.08. The Balaban J connectivity index is 1.64. The lowest BCUT2D eigenvalue weighted by Crippen LogP contribution is -2.44. The smallest absolute Gasteiger partial charge is 0.224 e. The highest BCUT2D eigenvalue weighted by Crippen LogP contribution is 2.40. The summed E-state index contributed by atoms with van der Waals surface area (Å²) in [7, 11) is 0. The van der Waals surface area contributed by atoms with Crippen molar-refractivity contribution in [3.63, 3.8) is 0 Å². The minimum atomic E-state index is -0.459. The van der Waals surface area contributed by atoms with E-state index in [-0.39, 0.29) is 17.1 Å². The number of aliphatic hydroxyl groups excluding tert-OH is 1. The van der Waals surface area contributed by atoms with Gasteiger partial charge in [0.05, 0.1) is 12.5 Å². The summed E-state index contributed by atoms with van der Waals surface area (Å²) in [6.45, 7) is 0.426.